The third-order valence-electron chi connectivity index (χ3n) is 4.23. The molecular weight excluding hydrogens is 270 g/mol. The number of carboxylic acid groups (broad SMARTS) is 1. The Bertz CT molecular complexity index is 568. The van der Waals surface area contributed by atoms with E-state index in [1.165, 1.54) is 0 Å². The highest BCUT2D eigenvalue weighted by Crippen LogP contribution is 2.34. The fourth-order valence-corrected chi connectivity index (χ4v) is 3.07. The van der Waals surface area contributed by atoms with Crippen LogP contribution in [0.5, 0.6) is 5.75 Å². The Hall–Kier alpha value is -2.04. The summed E-state index contributed by atoms with van der Waals surface area (Å²) >= 11 is 0. The summed E-state index contributed by atoms with van der Waals surface area (Å²) in [5, 5.41) is 12.0. The predicted molar refractivity (Wildman–Crippen MR) is 79.6 cm³/mol. The lowest BCUT2D eigenvalue weighted by atomic mass is 9.95. The standard InChI is InChI=1S/C16H21NO4/c1-9-7-8-13(10(2)14(9)21-3)17-15(18)11-5-4-6-12(11)16(19)20/h7-8,11-12H,4-6H2,1-3H3,(H,17,18)(H,19,20). The van der Waals surface area contributed by atoms with Gasteiger partial charge in [0.15, 0.2) is 0 Å². The SMILES string of the molecule is COc1c(C)ccc(NC(=O)C2CCCC2C(=O)O)c1C. The van der Waals surface area contributed by atoms with Crippen LogP contribution in [0.3, 0.4) is 0 Å². The molecule has 1 fully saturated rings. The van der Waals surface area contributed by atoms with Gasteiger partial charge in [0.05, 0.1) is 18.9 Å². The second-order valence-corrected chi connectivity index (χ2v) is 5.56. The molecule has 1 aliphatic carbocycles. The first-order valence-electron chi connectivity index (χ1n) is 7.13. The maximum Gasteiger partial charge on any atom is 0.307 e. The van der Waals surface area contributed by atoms with Crippen LogP contribution in [-0.4, -0.2) is 24.1 Å². The second-order valence-electron chi connectivity index (χ2n) is 5.56. The van der Waals surface area contributed by atoms with Gasteiger partial charge in [0.25, 0.3) is 0 Å². The molecule has 1 amide bonds. The number of methoxy groups -OCH3 is 1. The van der Waals surface area contributed by atoms with Gasteiger partial charge in [0.1, 0.15) is 5.75 Å². The lowest BCUT2D eigenvalue weighted by Gasteiger charge is -2.18. The average Bonchev–Trinajstić information content (AvgIpc) is 2.92. The lowest BCUT2D eigenvalue weighted by molar-refractivity contribution is -0.145. The van der Waals surface area contributed by atoms with Crippen molar-refractivity contribution in [2.75, 3.05) is 12.4 Å². The van der Waals surface area contributed by atoms with Crippen molar-refractivity contribution >= 4 is 17.6 Å². The first-order valence-corrected chi connectivity index (χ1v) is 7.13. The van der Waals surface area contributed by atoms with Gasteiger partial charge >= 0.3 is 5.97 Å². The molecule has 5 heteroatoms. The molecule has 5 nitrogen and oxygen atoms in total. The minimum atomic E-state index is -0.883. The van der Waals surface area contributed by atoms with Gasteiger partial charge in [0, 0.05) is 11.3 Å². The van der Waals surface area contributed by atoms with Gasteiger partial charge in [-0.05, 0) is 38.3 Å². The molecule has 21 heavy (non-hydrogen) atoms. The number of anilines is 1. The molecule has 0 aromatic heterocycles. The molecule has 0 spiro atoms. The zero-order valence-corrected chi connectivity index (χ0v) is 12.6. The Balaban J connectivity index is 2.18. The van der Waals surface area contributed by atoms with Crippen molar-refractivity contribution in [2.45, 2.75) is 33.1 Å². The topological polar surface area (TPSA) is 75.6 Å². The number of hydrogen-bond acceptors (Lipinski definition) is 3. The molecule has 1 aromatic rings. The minimum Gasteiger partial charge on any atom is -0.496 e. The van der Waals surface area contributed by atoms with Gasteiger partial charge in [0.2, 0.25) is 5.91 Å². The number of rotatable bonds is 4. The highest BCUT2D eigenvalue weighted by Gasteiger charge is 2.37. The van der Waals surface area contributed by atoms with Crippen molar-refractivity contribution in [1.29, 1.82) is 0 Å². The normalized spacial score (nSPS) is 21.1. The lowest BCUT2D eigenvalue weighted by Crippen LogP contribution is -2.30. The number of nitrogens with one attached hydrogen (secondary N) is 1. The molecule has 1 aromatic carbocycles. The smallest absolute Gasteiger partial charge is 0.307 e. The summed E-state index contributed by atoms with van der Waals surface area (Å²) in [5.41, 5.74) is 2.53. The number of amides is 1. The van der Waals surface area contributed by atoms with E-state index in [1.807, 2.05) is 26.0 Å². The molecule has 1 saturated carbocycles. The molecule has 0 aliphatic heterocycles. The summed E-state index contributed by atoms with van der Waals surface area (Å²) in [4.78, 5) is 23.5. The van der Waals surface area contributed by atoms with Crippen LogP contribution >= 0.6 is 0 Å². The quantitative estimate of drug-likeness (QED) is 0.894. The fraction of sp³-hybridized carbons (Fsp3) is 0.500. The molecule has 114 valence electrons. The van der Waals surface area contributed by atoms with Crippen molar-refractivity contribution in [3.8, 4) is 5.75 Å². The number of aryl methyl sites for hydroxylation is 1. The number of benzene rings is 1. The van der Waals surface area contributed by atoms with Crippen LogP contribution in [0.4, 0.5) is 5.69 Å². The number of ether oxygens (including phenoxy) is 1. The van der Waals surface area contributed by atoms with E-state index in [2.05, 4.69) is 5.32 Å². The van der Waals surface area contributed by atoms with Crippen LogP contribution in [0.25, 0.3) is 0 Å². The van der Waals surface area contributed by atoms with Crippen LogP contribution in [0.2, 0.25) is 0 Å². The third-order valence-corrected chi connectivity index (χ3v) is 4.23. The zero-order chi connectivity index (χ0) is 15.6. The maximum absolute atomic E-state index is 12.4. The van der Waals surface area contributed by atoms with Crippen molar-refractivity contribution in [1.82, 2.24) is 0 Å². The van der Waals surface area contributed by atoms with E-state index < -0.39 is 17.8 Å². The molecule has 2 N–H and O–H groups in total. The predicted octanol–water partition coefficient (Wildman–Crippen LogP) is 2.75. The average molecular weight is 291 g/mol. The summed E-state index contributed by atoms with van der Waals surface area (Å²) in [5.74, 6) is -1.37. The van der Waals surface area contributed by atoms with Gasteiger partial charge < -0.3 is 15.2 Å². The molecule has 2 unspecified atom stereocenters. The molecule has 0 bridgehead atoms. The minimum absolute atomic E-state index is 0.214. The molecule has 2 rings (SSSR count). The Morgan fingerprint density at radius 2 is 1.90 bits per heavy atom. The summed E-state index contributed by atoms with van der Waals surface area (Å²) in [6.07, 6.45) is 1.99. The van der Waals surface area contributed by atoms with E-state index in [0.717, 1.165) is 23.3 Å². The summed E-state index contributed by atoms with van der Waals surface area (Å²) in [6, 6.07) is 3.71. The Morgan fingerprint density at radius 3 is 2.52 bits per heavy atom. The monoisotopic (exact) mass is 291 g/mol. The van der Waals surface area contributed by atoms with E-state index in [1.54, 1.807) is 7.11 Å². The molecule has 0 radical (unpaired) electrons. The molecule has 0 heterocycles. The number of hydrogen-bond donors (Lipinski definition) is 2. The number of carbonyl (C=O) groups is 2. The van der Waals surface area contributed by atoms with E-state index >= 15 is 0 Å². The van der Waals surface area contributed by atoms with Gasteiger partial charge in [-0.25, -0.2) is 0 Å². The van der Waals surface area contributed by atoms with Crippen molar-refractivity contribution in [3.63, 3.8) is 0 Å². The van der Waals surface area contributed by atoms with Crippen molar-refractivity contribution in [2.24, 2.45) is 11.8 Å². The largest absolute Gasteiger partial charge is 0.496 e. The van der Waals surface area contributed by atoms with Gasteiger partial charge in [-0.2, -0.15) is 0 Å². The van der Waals surface area contributed by atoms with Gasteiger partial charge in [-0.3, -0.25) is 9.59 Å². The van der Waals surface area contributed by atoms with Crippen LogP contribution in [-0.2, 0) is 9.59 Å². The fourth-order valence-electron chi connectivity index (χ4n) is 3.07. The molecule has 0 saturated heterocycles. The number of carboxylic acids is 1. The van der Waals surface area contributed by atoms with Crippen molar-refractivity contribution < 1.29 is 19.4 Å². The Labute approximate surface area is 124 Å². The third kappa shape index (κ3) is 3.01. The summed E-state index contributed by atoms with van der Waals surface area (Å²) in [6.45, 7) is 3.82. The number of aliphatic carboxylic acids is 1. The molecular formula is C16H21NO4. The maximum atomic E-state index is 12.4. The van der Waals surface area contributed by atoms with Crippen molar-refractivity contribution in [3.05, 3.63) is 23.3 Å². The Kier molecular flexibility index (Phi) is 4.50. The van der Waals surface area contributed by atoms with Crippen LogP contribution < -0.4 is 10.1 Å². The van der Waals surface area contributed by atoms with E-state index in [9.17, 15) is 14.7 Å². The second kappa shape index (κ2) is 6.16. The highest BCUT2D eigenvalue weighted by molar-refractivity contribution is 5.96. The molecule has 1 aliphatic rings. The highest BCUT2D eigenvalue weighted by atomic mass is 16.5. The van der Waals surface area contributed by atoms with E-state index in [0.29, 0.717) is 18.5 Å². The van der Waals surface area contributed by atoms with Crippen LogP contribution in [0.15, 0.2) is 12.1 Å². The number of carbonyl (C=O) groups excluding carboxylic acids is 1. The van der Waals surface area contributed by atoms with E-state index in [-0.39, 0.29) is 5.91 Å². The first-order chi connectivity index (χ1) is 9.95. The summed E-state index contributed by atoms with van der Waals surface area (Å²) < 4.78 is 5.34. The van der Waals surface area contributed by atoms with E-state index in [4.69, 9.17) is 4.74 Å². The summed E-state index contributed by atoms with van der Waals surface area (Å²) in [7, 11) is 1.60. The van der Waals surface area contributed by atoms with Gasteiger partial charge in [-0.15, -0.1) is 0 Å². The van der Waals surface area contributed by atoms with Crippen LogP contribution in [0, 0.1) is 25.7 Å². The molecule has 2 atom stereocenters. The van der Waals surface area contributed by atoms with Gasteiger partial charge in [-0.1, -0.05) is 12.5 Å². The first kappa shape index (κ1) is 15.4. The van der Waals surface area contributed by atoms with Crippen LogP contribution in [0.1, 0.15) is 30.4 Å². The Morgan fingerprint density at radius 1 is 1.24 bits per heavy atom. The zero-order valence-electron chi connectivity index (χ0n) is 12.6.